The Hall–Kier alpha value is 1.21. The first-order valence-electron chi connectivity index (χ1n) is 2.52. The Morgan fingerprint density at radius 1 is 0.381 bits per heavy atom. The van der Waals surface area contributed by atoms with Crippen LogP contribution in [-0.2, 0) is 38.8 Å². The normalized spacial score (nSPS) is 9.14. The summed E-state index contributed by atoms with van der Waals surface area (Å²) in [5.41, 5.74) is 0. The number of hydrogen-bond acceptors (Lipinski definition) is 16. The zero-order valence-electron chi connectivity index (χ0n) is 8.36. The van der Waals surface area contributed by atoms with Crippen LogP contribution in [-0.4, -0.2) is 0 Å². The molecule has 16 nitrogen and oxygen atoms in total. The van der Waals surface area contributed by atoms with Crippen molar-refractivity contribution >= 4 is 0 Å². The first kappa shape index (κ1) is 33.7. The molecule has 0 radical (unpaired) electrons. The molecule has 0 spiro atoms. The molecule has 21 heteroatoms. The Morgan fingerprint density at radius 2 is 0.429 bits per heavy atom. The fraction of sp³-hybridized carbons (Fsp3) is 0. The molecule has 0 rings (SSSR count). The number of rotatable bonds is 4. The van der Waals surface area contributed by atoms with Gasteiger partial charge in [0.05, 0.1) is 0 Å². The average Bonchev–Trinajstić information content (AvgIpc) is 2.40. The molecule has 0 aromatic heterocycles. The van der Waals surface area contributed by atoms with E-state index in [0.29, 0.717) is 0 Å². The Kier molecular flexibility index (Phi) is 47.0. The van der Waals surface area contributed by atoms with Gasteiger partial charge in [0.2, 0.25) is 0 Å². The van der Waals surface area contributed by atoms with Crippen LogP contribution in [0.25, 0.3) is 0 Å². The van der Waals surface area contributed by atoms with Crippen LogP contribution in [0.15, 0.2) is 0 Å². The van der Waals surface area contributed by atoms with Crippen LogP contribution in [0.5, 0.6) is 0 Å². The molecule has 0 aliphatic carbocycles. The number of hydrogen-bond donors (Lipinski definition) is 0. The first-order valence-corrected chi connectivity index (χ1v) is 6.22. The van der Waals surface area contributed by atoms with Crippen molar-refractivity contribution in [3.8, 4) is 0 Å². The Labute approximate surface area is 140 Å². The van der Waals surface area contributed by atoms with Crippen LogP contribution in [0.4, 0.5) is 0 Å². The maximum absolute atomic E-state index is 8.80. The maximum Gasteiger partial charge on any atom is 4.00 e. The Bertz CT molecular complexity index is 108. The standard InChI is InChI=1S/4ClHO4.Pt/c4*2-1(3)5-4;/h4*4H;/q;;;;+4/p-4. The summed E-state index contributed by atoms with van der Waals surface area (Å²) in [6.07, 6.45) is 0. The minimum Gasteiger partial charge on any atom is -0.620 e. The summed E-state index contributed by atoms with van der Waals surface area (Å²) in [6, 6.07) is 0. The second-order valence-electron chi connectivity index (χ2n) is 1.01. The first-order chi connectivity index (χ1) is 9.08. The van der Waals surface area contributed by atoms with E-state index in [-0.39, 0.29) is 21.1 Å². The van der Waals surface area contributed by atoms with Gasteiger partial charge in [0.15, 0.2) is 0 Å². The van der Waals surface area contributed by atoms with E-state index in [4.69, 9.17) is 58.3 Å². The molecular formula is Cl4O16Pt. The summed E-state index contributed by atoms with van der Waals surface area (Å²) in [5, 5.41) is 34.0. The van der Waals surface area contributed by atoms with E-state index in [0.717, 1.165) is 0 Å². The van der Waals surface area contributed by atoms with Crippen molar-refractivity contribution in [2.75, 3.05) is 0 Å². The molecule has 134 valence electrons. The predicted octanol–water partition coefficient (Wildman–Crippen LogP) is -14.5. The molecule has 0 atom stereocenters. The van der Waals surface area contributed by atoms with Gasteiger partial charge in [0.1, 0.15) is 0 Å². The summed E-state index contributed by atoms with van der Waals surface area (Å²) >= 11 is 0. The largest absolute Gasteiger partial charge is 4.00 e. The van der Waals surface area contributed by atoms with Crippen LogP contribution in [0.1, 0.15) is 0 Å². The summed E-state index contributed by atoms with van der Waals surface area (Å²) < 4.78 is 79.9. The molecule has 0 saturated carbocycles. The Balaban J connectivity index is -0.0000000533. The number of halogens is 4. The van der Waals surface area contributed by atoms with E-state index in [1.165, 1.54) is 0 Å². The molecule has 0 aromatic carbocycles. The van der Waals surface area contributed by atoms with E-state index >= 15 is 0 Å². The van der Waals surface area contributed by atoms with Crippen molar-refractivity contribution in [2.24, 2.45) is 0 Å². The van der Waals surface area contributed by atoms with Crippen LogP contribution < -0.4 is 58.3 Å². The van der Waals surface area contributed by atoms with E-state index in [9.17, 15) is 0 Å². The SMILES string of the molecule is [O-]O[Cl+2]([O-])[O-].[O-]O[Cl+2]([O-])[O-].[O-]O[Cl+2]([O-])[O-].[O-]O[Cl+2]([O-])[O-].[Pt+4]. The molecular weight excluding hydrogens is 593 g/mol. The molecule has 0 unspecified atom stereocenters. The third kappa shape index (κ3) is 92.3. The van der Waals surface area contributed by atoms with Crippen molar-refractivity contribution in [3.05, 3.63) is 0 Å². The fourth-order valence-corrected chi connectivity index (χ4v) is 0. The van der Waals surface area contributed by atoms with Crippen LogP contribution in [0, 0.1) is 43.1 Å². The van der Waals surface area contributed by atoms with Crippen molar-refractivity contribution in [1.82, 2.24) is 0 Å². The zero-order valence-corrected chi connectivity index (χ0v) is 13.7. The quantitative estimate of drug-likeness (QED) is 0.216. The van der Waals surface area contributed by atoms with Gasteiger partial charge in [-0.1, -0.05) is 0 Å². The van der Waals surface area contributed by atoms with Gasteiger partial charge in [-0.05, 0) is 17.8 Å². The van der Waals surface area contributed by atoms with Gasteiger partial charge in [0, 0.05) is 0 Å². The van der Waals surface area contributed by atoms with Crippen molar-refractivity contribution in [2.45, 2.75) is 0 Å². The molecule has 0 aromatic rings. The van der Waals surface area contributed by atoms with Crippen molar-refractivity contribution in [3.63, 3.8) is 0 Å². The van der Waals surface area contributed by atoms with Gasteiger partial charge in [-0.25, -0.2) is 0 Å². The third-order valence-corrected chi connectivity index (χ3v) is 0.617. The summed E-state index contributed by atoms with van der Waals surface area (Å²) in [6.45, 7) is 0. The van der Waals surface area contributed by atoms with Crippen molar-refractivity contribution in [1.29, 1.82) is 0 Å². The average molecular weight is 593 g/mol. The van der Waals surface area contributed by atoms with Gasteiger partial charge < -0.3 is 58.3 Å². The molecule has 0 N–H and O–H groups in total. The van der Waals surface area contributed by atoms with Gasteiger partial charge >= 0.3 is 21.1 Å². The topological polar surface area (TPSA) is 314 Å². The second-order valence-corrected chi connectivity index (χ2v) is 3.02. The smallest absolute Gasteiger partial charge is 0.620 e. The molecule has 0 fully saturated rings. The van der Waals surface area contributed by atoms with Gasteiger partial charge in [-0.3, -0.25) is 0 Å². The molecule has 0 heterocycles. The maximum atomic E-state index is 8.80. The van der Waals surface area contributed by atoms with E-state index < -0.39 is 43.1 Å². The van der Waals surface area contributed by atoms with Gasteiger partial charge in [-0.2, -0.15) is 0 Å². The molecule has 0 aliphatic rings. The van der Waals surface area contributed by atoms with E-state index in [2.05, 4.69) is 17.8 Å². The molecule has 0 bridgehead atoms. The fourth-order valence-electron chi connectivity index (χ4n) is 0. The molecule has 0 aliphatic heterocycles. The third-order valence-electron chi connectivity index (χ3n) is 0.206. The van der Waals surface area contributed by atoms with Gasteiger partial charge in [-0.15, -0.1) is 0 Å². The molecule has 0 amide bonds. The van der Waals surface area contributed by atoms with Gasteiger partial charge in [0.25, 0.3) is 43.1 Å². The molecule has 0 saturated heterocycles. The second kappa shape index (κ2) is 29.2. The summed E-state index contributed by atoms with van der Waals surface area (Å²) in [5.74, 6) is 0. The van der Waals surface area contributed by atoms with E-state index in [1.54, 1.807) is 0 Å². The predicted molar refractivity (Wildman–Crippen MR) is 4.34 cm³/mol. The summed E-state index contributed by atoms with van der Waals surface area (Å²) in [4.78, 5) is 0. The summed E-state index contributed by atoms with van der Waals surface area (Å²) in [7, 11) is -10.4. The van der Waals surface area contributed by atoms with Crippen LogP contribution >= 0.6 is 0 Å². The molecule has 21 heavy (non-hydrogen) atoms. The van der Waals surface area contributed by atoms with Crippen LogP contribution in [0.3, 0.4) is 0 Å². The van der Waals surface area contributed by atoms with Crippen LogP contribution in [0.2, 0.25) is 0 Å². The van der Waals surface area contributed by atoms with E-state index in [1.807, 2.05) is 0 Å². The van der Waals surface area contributed by atoms with Crippen molar-refractivity contribution < 1.29 is 140 Å². The minimum absolute atomic E-state index is 0. The minimum atomic E-state index is -2.60. The monoisotopic (exact) mass is 591 g/mol. The Morgan fingerprint density at radius 3 is 0.429 bits per heavy atom. The zero-order chi connectivity index (χ0) is 17.1.